The fourth-order valence-electron chi connectivity index (χ4n) is 1.03. The molecule has 0 aromatic carbocycles. The molecule has 0 amide bonds. The molecule has 0 saturated carbocycles. The summed E-state index contributed by atoms with van der Waals surface area (Å²) >= 11 is 0. The number of carbonyl (C=O) groups excluding carboxylic acids is 2. The van der Waals surface area contributed by atoms with E-state index in [0.29, 0.717) is 0 Å². The number of hydrogen-bond donors (Lipinski definition) is 0. The molecule has 0 aliphatic rings. The Hall–Kier alpha value is -1.62. The summed E-state index contributed by atoms with van der Waals surface area (Å²) < 4.78 is 107. The summed E-state index contributed by atoms with van der Waals surface area (Å²) in [5.74, 6) is -16.5. The first-order valence-corrected chi connectivity index (χ1v) is 6.33. The molecule has 0 rings (SSSR count). The van der Waals surface area contributed by atoms with Crippen molar-refractivity contribution < 1.29 is 54.2 Å². The molecule has 0 atom stereocenters. The van der Waals surface area contributed by atoms with Crippen LogP contribution in [-0.4, -0.2) is 42.9 Å². The van der Waals surface area contributed by atoms with Gasteiger partial charge in [0.25, 0.3) is 0 Å². The van der Waals surface area contributed by atoms with Crippen LogP contribution in [0, 0.1) is 5.41 Å². The highest BCUT2D eigenvalue weighted by Gasteiger charge is 2.78. The first-order chi connectivity index (χ1) is 10.5. The van der Waals surface area contributed by atoms with Gasteiger partial charge in [-0.05, 0) is 20.3 Å². The van der Waals surface area contributed by atoms with Crippen LogP contribution in [0.25, 0.3) is 0 Å². The molecule has 0 aliphatic carbocycles. The SMILES string of the molecule is CCC(C)(C)C(=O)OCC(=O)OC(F)(F)C(F)(F)C(F)(F)C(F)F. The van der Waals surface area contributed by atoms with E-state index >= 15 is 0 Å². The summed E-state index contributed by atoms with van der Waals surface area (Å²) in [4.78, 5) is 22.4. The molecule has 0 aromatic rings. The van der Waals surface area contributed by atoms with E-state index in [-0.39, 0.29) is 6.42 Å². The highest BCUT2D eigenvalue weighted by Crippen LogP contribution is 2.48. The van der Waals surface area contributed by atoms with Crippen LogP contribution in [0.2, 0.25) is 0 Å². The maximum absolute atomic E-state index is 13.0. The number of rotatable bonds is 8. The Balaban J connectivity index is 4.99. The summed E-state index contributed by atoms with van der Waals surface area (Å²) in [5.41, 5.74) is -1.14. The lowest BCUT2D eigenvalue weighted by Gasteiger charge is -2.31. The van der Waals surface area contributed by atoms with E-state index in [1.807, 2.05) is 0 Å². The van der Waals surface area contributed by atoms with Crippen molar-refractivity contribution in [2.75, 3.05) is 6.61 Å². The number of alkyl halides is 8. The van der Waals surface area contributed by atoms with Crippen LogP contribution in [0.5, 0.6) is 0 Å². The zero-order chi connectivity index (χ0) is 19.6. The van der Waals surface area contributed by atoms with E-state index in [9.17, 15) is 44.7 Å². The molecule has 0 spiro atoms. The summed E-state index contributed by atoms with van der Waals surface area (Å²) in [6.07, 6.45) is -11.2. The van der Waals surface area contributed by atoms with Crippen LogP contribution in [0.4, 0.5) is 35.1 Å². The third-order valence-corrected chi connectivity index (χ3v) is 3.06. The summed E-state index contributed by atoms with van der Waals surface area (Å²) in [6, 6.07) is 0. The van der Waals surface area contributed by atoms with Gasteiger partial charge in [0.1, 0.15) is 0 Å². The van der Waals surface area contributed by atoms with Crippen molar-refractivity contribution in [3.63, 3.8) is 0 Å². The number of hydrogen-bond acceptors (Lipinski definition) is 4. The number of esters is 2. The molecule has 24 heavy (non-hydrogen) atoms. The third kappa shape index (κ3) is 4.47. The number of ether oxygens (including phenoxy) is 2. The predicted molar refractivity (Wildman–Crippen MR) is 62.0 cm³/mol. The van der Waals surface area contributed by atoms with Crippen molar-refractivity contribution in [2.45, 2.75) is 51.6 Å². The molecule has 0 heterocycles. The maximum Gasteiger partial charge on any atom is 0.473 e. The highest BCUT2D eigenvalue weighted by atomic mass is 19.4. The molecule has 0 aliphatic heterocycles. The summed E-state index contributed by atoms with van der Waals surface area (Å²) in [7, 11) is 0. The second kappa shape index (κ2) is 7.09. The maximum atomic E-state index is 13.0. The molecule has 12 heteroatoms. The second-order valence-corrected chi connectivity index (χ2v) is 5.30. The molecule has 0 saturated heterocycles. The van der Waals surface area contributed by atoms with Crippen LogP contribution in [-0.2, 0) is 19.1 Å². The Morgan fingerprint density at radius 3 is 1.83 bits per heavy atom. The molecule has 0 aromatic heterocycles. The largest absolute Gasteiger partial charge is 0.473 e. The van der Waals surface area contributed by atoms with Gasteiger partial charge in [-0.2, -0.15) is 26.3 Å². The third-order valence-electron chi connectivity index (χ3n) is 3.06. The molecule has 0 bridgehead atoms. The van der Waals surface area contributed by atoms with Gasteiger partial charge in [0.05, 0.1) is 5.41 Å². The fourth-order valence-corrected chi connectivity index (χ4v) is 1.03. The fraction of sp³-hybridized carbons (Fsp3) is 0.833. The monoisotopic (exact) mass is 374 g/mol. The van der Waals surface area contributed by atoms with E-state index in [4.69, 9.17) is 0 Å². The van der Waals surface area contributed by atoms with Gasteiger partial charge in [0, 0.05) is 0 Å². The van der Waals surface area contributed by atoms with Crippen LogP contribution >= 0.6 is 0 Å². The van der Waals surface area contributed by atoms with E-state index < -0.39 is 48.3 Å². The van der Waals surface area contributed by atoms with E-state index in [1.54, 1.807) is 6.92 Å². The average molecular weight is 374 g/mol. The molecule has 0 radical (unpaired) electrons. The van der Waals surface area contributed by atoms with Crippen LogP contribution in [0.1, 0.15) is 27.2 Å². The zero-order valence-corrected chi connectivity index (χ0v) is 12.6. The van der Waals surface area contributed by atoms with Crippen LogP contribution in [0.15, 0.2) is 0 Å². The molecular weight excluding hydrogens is 360 g/mol. The normalized spacial score (nSPS) is 13.8. The number of halogens is 8. The van der Waals surface area contributed by atoms with Crippen LogP contribution in [0.3, 0.4) is 0 Å². The number of carbonyl (C=O) groups is 2. The van der Waals surface area contributed by atoms with Crippen molar-refractivity contribution in [1.29, 1.82) is 0 Å². The Morgan fingerprint density at radius 2 is 1.46 bits per heavy atom. The molecule has 0 N–H and O–H groups in total. The van der Waals surface area contributed by atoms with Crippen molar-refractivity contribution >= 4 is 11.9 Å². The van der Waals surface area contributed by atoms with Gasteiger partial charge in [-0.3, -0.25) is 4.79 Å². The lowest BCUT2D eigenvalue weighted by molar-refractivity contribution is -0.401. The minimum atomic E-state index is -6.68. The van der Waals surface area contributed by atoms with Crippen molar-refractivity contribution in [3.8, 4) is 0 Å². The van der Waals surface area contributed by atoms with Gasteiger partial charge in [-0.1, -0.05) is 6.92 Å². The Morgan fingerprint density at radius 1 is 1.00 bits per heavy atom. The Labute approximate surface area is 131 Å². The quantitative estimate of drug-likeness (QED) is 0.481. The summed E-state index contributed by atoms with van der Waals surface area (Å²) in [6.45, 7) is 2.66. The smallest absolute Gasteiger partial charge is 0.453 e. The zero-order valence-electron chi connectivity index (χ0n) is 12.6. The van der Waals surface area contributed by atoms with Gasteiger partial charge < -0.3 is 9.47 Å². The van der Waals surface area contributed by atoms with Crippen molar-refractivity contribution in [1.82, 2.24) is 0 Å². The summed E-state index contributed by atoms with van der Waals surface area (Å²) in [5, 5.41) is 0. The first kappa shape index (κ1) is 22.4. The highest BCUT2D eigenvalue weighted by molar-refractivity contribution is 5.79. The van der Waals surface area contributed by atoms with Crippen LogP contribution < -0.4 is 0 Å². The predicted octanol–water partition coefficient (Wildman–Crippen LogP) is 3.64. The van der Waals surface area contributed by atoms with Crippen molar-refractivity contribution in [3.05, 3.63) is 0 Å². The Bertz CT molecular complexity index is 476. The minimum Gasteiger partial charge on any atom is -0.453 e. The molecule has 0 unspecified atom stereocenters. The van der Waals surface area contributed by atoms with Gasteiger partial charge >= 0.3 is 36.3 Å². The van der Waals surface area contributed by atoms with Gasteiger partial charge in [-0.15, -0.1) is 0 Å². The van der Waals surface area contributed by atoms with E-state index in [0.717, 1.165) is 0 Å². The van der Waals surface area contributed by atoms with Gasteiger partial charge in [0.15, 0.2) is 6.61 Å². The minimum absolute atomic E-state index is 0.204. The lowest BCUT2D eigenvalue weighted by Crippen LogP contribution is -2.59. The Kier molecular flexibility index (Phi) is 6.62. The molecular formula is C12H14F8O4. The second-order valence-electron chi connectivity index (χ2n) is 5.30. The standard InChI is InChI=1S/C12H14F8O4/c1-4-9(2,3)8(22)23-5-6(21)24-12(19,20)11(17,18)10(15,16)7(13)14/h7H,4-5H2,1-3H3. The van der Waals surface area contributed by atoms with Crippen molar-refractivity contribution in [2.24, 2.45) is 5.41 Å². The average Bonchev–Trinajstić information content (AvgIpc) is 2.43. The molecule has 142 valence electrons. The first-order valence-electron chi connectivity index (χ1n) is 6.33. The molecule has 4 nitrogen and oxygen atoms in total. The van der Waals surface area contributed by atoms with Gasteiger partial charge in [0.2, 0.25) is 0 Å². The topological polar surface area (TPSA) is 52.6 Å². The van der Waals surface area contributed by atoms with E-state index in [1.165, 1.54) is 13.8 Å². The van der Waals surface area contributed by atoms with E-state index in [2.05, 4.69) is 9.47 Å². The van der Waals surface area contributed by atoms with Gasteiger partial charge in [-0.25, -0.2) is 13.6 Å². The lowest BCUT2D eigenvalue weighted by atomic mass is 9.91. The molecule has 0 fully saturated rings.